The molecule has 118 valence electrons. The van der Waals surface area contributed by atoms with Crippen molar-refractivity contribution in [3.8, 4) is 6.07 Å². The molecule has 0 aliphatic carbocycles. The van der Waals surface area contributed by atoms with Gasteiger partial charge in [0, 0.05) is 37.1 Å². The van der Waals surface area contributed by atoms with E-state index in [-0.39, 0.29) is 5.91 Å². The second-order valence-corrected chi connectivity index (χ2v) is 6.15. The van der Waals surface area contributed by atoms with Gasteiger partial charge in [0.25, 0.3) is 5.91 Å². The smallest absolute Gasteiger partial charge is 0.253 e. The van der Waals surface area contributed by atoms with Gasteiger partial charge in [-0.1, -0.05) is 0 Å². The van der Waals surface area contributed by atoms with Crippen molar-refractivity contribution in [1.29, 1.82) is 5.26 Å². The summed E-state index contributed by atoms with van der Waals surface area (Å²) in [4.78, 5) is 18.8. The van der Waals surface area contributed by atoms with E-state index in [1.165, 1.54) is 5.69 Å². The monoisotopic (exact) mass is 308 g/mol. The molecule has 1 saturated heterocycles. The van der Waals surface area contributed by atoms with Gasteiger partial charge in [-0.3, -0.25) is 4.79 Å². The van der Waals surface area contributed by atoms with E-state index in [1.807, 2.05) is 18.0 Å². The molecule has 1 aliphatic heterocycles. The fourth-order valence-electron chi connectivity index (χ4n) is 3.15. The predicted molar refractivity (Wildman–Crippen MR) is 86.9 cm³/mol. The molecule has 0 spiro atoms. The minimum Gasteiger partial charge on any atom is -0.338 e. The Balaban J connectivity index is 1.65. The van der Waals surface area contributed by atoms with Gasteiger partial charge >= 0.3 is 0 Å². The third-order valence-electron chi connectivity index (χ3n) is 4.53. The fraction of sp³-hybridized carbons (Fsp3) is 0.389. The van der Waals surface area contributed by atoms with Crippen molar-refractivity contribution in [3.05, 3.63) is 53.1 Å². The number of likely N-dealkylation sites (tertiary alicyclic amines) is 1. The van der Waals surface area contributed by atoms with E-state index in [0.29, 0.717) is 17.0 Å². The van der Waals surface area contributed by atoms with E-state index >= 15 is 0 Å². The Hall–Kier alpha value is -2.61. The summed E-state index contributed by atoms with van der Waals surface area (Å²) in [5, 5.41) is 8.83. The van der Waals surface area contributed by atoms with Gasteiger partial charge in [-0.2, -0.15) is 5.26 Å². The molecular formula is C18H20N4O. The lowest BCUT2D eigenvalue weighted by molar-refractivity contribution is 0.0786. The molecule has 23 heavy (non-hydrogen) atoms. The molecule has 1 amide bonds. The quantitative estimate of drug-likeness (QED) is 0.875. The molecule has 3 rings (SSSR count). The third-order valence-corrected chi connectivity index (χ3v) is 4.53. The van der Waals surface area contributed by atoms with Crippen LogP contribution in [0.25, 0.3) is 0 Å². The van der Waals surface area contributed by atoms with E-state index < -0.39 is 0 Å². The SMILES string of the molecule is Cc1cnc(C)n1CC1CCN(C(=O)c2ccc(C#N)cc2)C1. The average molecular weight is 308 g/mol. The number of aryl methyl sites for hydroxylation is 2. The minimum absolute atomic E-state index is 0.0519. The molecule has 1 unspecified atom stereocenters. The topological polar surface area (TPSA) is 61.9 Å². The van der Waals surface area contributed by atoms with Crippen molar-refractivity contribution >= 4 is 5.91 Å². The number of carbonyl (C=O) groups excluding carboxylic acids is 1. The predicted octanol–water partition coefficient (Wildman–Crippen LogP) is 2.53. The summed E-state index contributed by atoms with van der Waals surface area (Å²) in [6, 6.07) is 8.93. The van der Waals surface area contributed by atoms with Crippen molar-refractivity contribution < 1.29 is 4.79 Å². The van der Waals surface area contributed by atoms with Crippen molar-refractivity contribution in [2.75, 3.05) is 13.1 Å². The van der Waals surface area contributed by atoms with E-state index in [2.05, 4.69) is 22.5 Å². The zero-order chi connectivity index (χ0) is 16.4. The van der Waals surface area contributed by atoms with Crippen LogP contribution in [0.2, 0.25) is 0 Å². The average Bonchev–Trinajstić information content (AvgIpc) is 3.16. The van der Waals surface area contributed by atoms with Crippen LogP contribution in [0.15, 0.2) is 30.5 Å². The van der Waals surface area contributed by atoms with Crippen molar-refractivity contribution in [3.63, 3.8) is 0 Å². The largest absolute Gasteiger partial charge is 0.338 e. The lowest BCUT2D eigenvalue weighted by atomic mass is 10.1. The van der Waals surface area contributed by atoms with E-state index in [0.717, 1.165) is 31.9 Å². The summed E-state index contributed by atoms with van der Waals surface area (Å²) >= 11 is 0. The number of amides is 1. The Morgan fingerprint density at radius 2 is 2.09 bits per heavy atom. The highest BCUT2D eigenvalue weighted by molar-refractivity contribution is 5.94. The van der Waals surface area contributed by atoms with Gasteiger partial charge in [0.2, 0.25) is 0 Å². The Morgan fingerprint density at radius 1 is 1.35 bits per heavy atom. The second-order valence-electron chi connectivity index (χ2n) is 6.15. The standard InChI is InChI=1S/C18H20N4O/c1-13-10-20-14(2)22(13)12-16-7-8-21(11-16)18(23)17-5-3-15(9-19)4-6-17/h3-6,10,16H,7-8,11-12H2,1-2H3. The summed E-state index contributed by atoms with van der Waals surface area (Å²) < 4.78 is 2.22. The van der Waals surface area contributed by atoms with Crippen molar-refractivity contribution in [2.24, 2.45) is 5.92 Å². The number of rotatable bonds is 3. The normalized spacial score (nSPS) is 17.3. The van der Waals surface area contributed by atoms with Crippen LogP contribution in [0.3, 0.4) is 0 Å². The maximum atomic E-state index is 12.6. The van der Waals surface area contributed by atoms with Gasteiger partial charge in [-0.05, 0) is 50.5 Å². The van der Waals surface area contributed by atoms with Crippen molar-refractivity contribution in [2.45, 2.75) is 26.8 Å². The van der Waals surface area contributed by atoms with Crippen LogP contribution in [0.4, 0.5) is 0 Å². The molecular weight excluding hydrogens is 288 g/mol. The zero-order valence-corrected chi connectivity index (χ0v) is 13.5. The van der Waals surface area contributed by atoms with Crippen LogP contribution in [-0.2, 0) is 6.54 Å². The highest BCUT2D eigenvalue weighted by Crippen LogP contribution is 2.22. The molecule has 2 aromatic rings. The number of hydrogen-bond acceptors (Lipinski definition) is 3. The summed E-state index contributed by atoms with van der Waals surface area (Å²) in [5.74, 6) is 1.54. The van der Waals surface area contributed by atoms with Crippen LogP contribution in [0, 0.1) is 31.1 Å². The van der Waals surface area contributed by atoms with Crippen LogP contribution < -0.4 is 0 Å². The van der Waals surface area contributed by atoms with E-state index in [9.17, 15) is 4.79 Å². The molecule has 5 heteroatoms. The van der Waals surface area contributed by atoms with Gasteiger partial charge in [0.05, 0.1) is 11.6 Å². The Morgan fingerprint density at radius 3 is 2.70 bits per heavy atom. The minimum atomic E-state index is 0.0519. The Kier molecular flexibility index (Phi) is 4.16. The first-order valence-electron chi connectivity index (χ1n) is 7.86. The molecule has 0 N–H and O–H groups in total. The Labute approximate surface area is 136 Å². The first kappa shape index (κ1) is 15.3. The van der Waals surface area contributed by atoms with Gasteiger partial charge in [0.1, 0.15) is 5.82 Å². The second kappa shape index (κ2) is 6.25. The van der Waals surface area contributed by atoms with Crippen molar-refractivity contribution in [1.82, 2.24) is 14.5 Å². The van der Waals surface area contributed by atoms with Gasteiger partial charge in [-0.25, -0.2) is 4.98 Å². The number of imidazole rings is 1. The fourth-order valence-corrected chi connectivity index (χ4v) is 3.15. The number of nitriles is 1. The molecule has 0 saturated carbocycles. The lowest BCUT2D eigenvalue weighted by Gasteiger charge is -2.18. The van der Waals surface area contributed by atoms with Crippen LogP contribution in [0.5, 0.6) is 0 Å². The summed E-state index contributed by atoms with van der Waals surface area (Å²) in [7, 11) is 0. The van der Waals surface area contributed by atoms with E-state index in [4.69, 9.17) is 5.26 Å². The maximum Gasteiger partial charge on any atom is 0.253 e. The zero-order valence-electron chi connectivity index (χ0n) is 13.5. The molecule has 0 bridgehead atoms. The molecule has 0 radical (unpaired) electrons. The number of nitrogens with zero attached hydrogens (tertiary/aromatic N) is 4. The van der Waals surface area contributed by atoms with Gasteiger partial charge in [0.15, 0.2) is 0 Å². The highest BCUT2D eigenvalue weighted by atomic mass is 16.2. The Bertz CT molecular complexity index is 735. The molecule has 5 nitrogen and oxygen atoms in total. The maximum absolute atomic E-state index is 12.6. The highest BCUT2D eigenvalue weighted by Gasteiger charge is 2.27. The molecule has 1 fully saturated rings. The van der Waals surface area contributed by atoms with Crippen LogP contribution >= 0.6 is 0 Å². The van der Waals surface area contributed by atoms with Gasteiger partial charge < -0.3 is 9.47 Å². The first-order chi connectivity index (χ1) is 11.1. The summed E-state index contributed by atoms with van der Waals surface area (Å²) in [6.07, 6.45) is 2.91. The number of aromatic nitrogens is 2. The number of benzene rings is 1. The van der Waals surface area contributed by atoms with Crippen LogP contribution in [-0.4, -0.2) is 33.4 Å². The molecule has 1 aromatic carbocycles. The summed E-state index contributed by atoms with van der Waals surface area (Å²) in [6.45, 7) is 6.55. The molecule has 1 aliphatic rings. The number of hydrogen-bond donors (Lipinski definition) is 0. The number of carbonyl (C=O) groups is 1. The van der Waals surface area contributed by atoms with Gasteiger partial charge in [-0.15, -0.1) is 0 Å². The van der Waals surface area contributed by atoms with E-state index in [1.54, 1.807) is 24.3 Å². The third kappa shape index (κ3) is 3.11. The molecule has 1 aromatic heterocycles. The van der Waals surface area contributed by atoms with Crippen LogP contribution in [0.1, 0.15) is 33.9 Å². The lowest BCUT2D eigenvalue weighted by Crippen LogP contribution is -2.29. The first-order valence-corrected chi connectivity index (χ1v) is 7.86. The summed E-state index contributed by atoms with van der Waals surface area (Å²) in [5.41, 5.74) is 2.39. The molecule has 2 heterocycles. The molecule has 1 atom stereocenters.